The predicted molar refractivity (Wildman–Crippen MR) is 139 cm³/mol. The predicted octanol–water partition coefficient (Wildman–Crippen LogP) is 6.74. The monoisotopic (exact) mass is 568 g/mol. The van der Waals surface area contributed by atoms with Gasteiger partial charge in [-0.2, -0.15) is 4.39 Å². The highest BCUT2D eigenvalue weighted by molar-refractivity contribution is 6.32. The molecule has 1 aromatic heterocycles. The summed E-state index contributed by atoms with van der Waals surface area (Å²) in [5, 5.41) is 10.3. The van der Waals surface area contributed by atoms with Crippen molar-refractivity contribution in [1.82, 2.24) is 9.88 Å². The zero-order valence-electron chi connectivity index (χ0n) is 21.4. The number of carboxylic acids is 1. The molecule has 1 saturated heterocycles. The Morgan fingerprint density at radius 3 is 2.64 bits per heavy atom. The highest BCUT2D eigenvalue weighted by atomic mass is 35.5. The first-order chi connectivity index (χ1) is 18.6. The number of hydrogen-bond donors (Lipinski definition) is 1. The van der Waals surface area contributed by atoms with Gasteiger partial charge < -0.3 is 14.6 Å². The lowest BCUT2D eigenvalue weighted by Crippen LogP contribution is -2.42. The molecule has 2 aromatic carbocycles. The summed E-state index contributed by atoms with van der Waals surface area (Å²) < 4.78 is 66.8. The number of carbonyl (C=O) groups is 1. The molecule has 6 nitrogen and oxygen atoms in total. The highest BCUT2D eigenvalue weighted by Crippen LogP contribution is 2.44. The topological polar surface area (TPSA) is 71.9 Å². The van der Waals surface area contributed by atoms with E-state index in [1.165, 1.54) is 13.3 Å². The van der Waals surface area contributed by atoms with Crippen LogP contribution in [0.5, 0.6) is 11.5 Å². The summed E-state index contributed by atoms with van der Waals surface area (Å²) in [7, 11) is 1.51. The molecule has 0 amide bonds. The van der Waals surface area contributed by atoms with Crippen LogP contribution in [0.2, 0.25) is 5.02 Å². The summed E-state index contributed by atoms with van der Waals surface area (Å²) in [6.45, 7) is 1.38. The van der Waals surface area contributed by atoms with E-state index in [-0.39, 0.29) is 24.5 Å². The number of hydrogen-bond acceptors (Lipinski definition) is 5. The Morgan fingerprint density at radius 2 is 1.95 bits per heavy atom. The van der Waals surface area contributed by atoms with Gasteiger partial charge in [-0.25, -0.2) is 13.2 Å². The Bertz CT molecular complexity index is 1330. The number of aromatic nitrogens is 1. The molecule has 1 N–H and O–H groups in total. The van der Waals surface area contributed by atoms with Crippen LogP contribution in [0.3, 0.4) is 0 Å². The Labute approximate surface area is 228 Å². The summed E-state index contributed by atoms with van der Waals surface area (Å²) in [6.07, 6.45) is 1.31. The quantitative estimate of drug-likeness (QED) is 0.204. The number of ether oxygens (including phenoxy) is 2. The third-order valence-corrected chi connectivity index (χ3v) is 7.68. The molecule has 0 unspecified atom stereocenters. The van der Waals surface area contributed by atoms with Crippen LogP contribution in [0.4, 0.5) is 17.6 Å². The standard InChI is InChI=1S/C28H29ClF4N2O4/c1-38-18-2-3-23-19(14-18)26(20(29)16-34-23)21(31)4-5-28(15-25(36)37)6-8-35(9-7-28)10-11-39-24-13-17(30)12-22(32)27(24)33/h2-3,12-14,16,21H,4-11,15H2,1H3,(H,36,37)/t21-/m1/s1. The van der Waals surface area contributed by atoms with E-state index in [1.807, 2.05) is 4.90 Å². The molecule has 2 heterocycles. The SMILES string of the molecule is COc1ccc2ncc(Cl)c([C@H](F)CCC3(CC(=O)O)CCN(CCOc4cc(F)cc(F)c4F)CC3)c2c1. The largest absolute Gasteiger partial charge is 0.497 e. The number of alkyl halides is 1. The minimum atomic E-state index is -1.44. The normalized spacial score (nSPS) is 16.3. The van der Waals surface area contributed by atoms with Gasteiger partial charge in [-0.05, 0) is 62.4 Å². The molecule has 4 rings (SSSR count). The van der Waals surface area contributed by atoms with Crippen molar-refractivity contribution in [3.8, 4) is 11.5 Å². The number of pyridine rings is 1. The lowest BCUT2D eigenvalue weighted by molar-refractivity contribution is -0.141. The van der Waals surface area contributed by atoms with Crippen LogP contribution in [0.25, 0.3) is 10.9 Å². The van der Waals surface area contributed by atoms with Crippen LogP contribution in [0.1, 0.15) is 43.8 Å². The number of nitrogens with zero attached hydrogens (tertiary/aromatic N) is 2. The van der Waals surface area contributed by atoms with Crippen molar-refractivity contribution in [2.75, 3.05) is 33.4 Å². The molecule has 1 atom stereocenters. The van der Waals surface area contributed by atoms with Crippen LogP contribution in [0.15, 0.2) is 36.5 Å². The Hall–Kier alpha value is -3.11. The van der Waals surface area contributed by atoms with Crippen molar-refractivity contribution in [3.05, 3.63) is 64.6 Å². The van der Waals surface area contributed by atoms with Crippen molar-refractivity contribution in [2.24, 2.45) is 5.41 Å². The second kappa shape index (κ2) is 12.4. The Morgan fingerprint density at radius 1 is 1.21 bits per heavy atom. The van der Waals surface area contributed by atoms with Crippen molar-refractivity contribution < 1.29 is 36.9 Å². The third-order valence-electron chi connectivity index (χ3n) is 7.38. The van der Waals surface area contributed by atoms with Gasteiger partial charge in [0.25, 0.3) is 0 Å². The first-order valence-corrected chi connectivity index (χ1v) is 13.0. The summed E-state index contributed by atoms with van der Waals surface area (Å²) in [4.78, 5) is 18.0. The van der Waals surface area contributed by atoms with E-state index in [0.29, 0.717) is 67.2 Å². The zero-order valence-corrected chi connectivity index (χ0v) is 22.1. The smallest absolute Gasteiger partial charge is 0.303 e. The fraction of sp³-hybridized carbons (Fsp3) is 0.429. The summed E-state index contributed by atoms with van der Waals surface area (Å²) in [5.41, 5.74) is 0.273. The number of aliphatic carboxylic acids is 1. The van der Waals surface area contributed by atoms with Crippen molar-refractivity contribution in [3.63, 3.8) is 0 Å². The van der Waals surface area contributed by atoms with Crippen LogP contribution in [-0.4, -0.2) is 54.3 Å². The van der Waals surface area contributed by atoms with Crippen LogP contribution >= 0.6 is 11.6 Å². The van der Waals surface area contributed by atoms with Crippen LogP contribution in [0, 0.1) is 22.9 Å². The molecule has 1 aliphatic rings. The van der Waals surface area contributed by atoms with Gasteiger partial charge in [-0.15, -0.1) is 0 Å². The number of methoxy groups -OCH3 is 1. The Balaban J connectivity index is 1.39. The van der Waals surface area contributed by atoms with Crippen molar-refractivity contribution >= 4 is 28.5 Å². The molecule has 210 valence electrons. The third kappa shape index (κ3) is 6.91. The number of carboxylic acid groups (broad SMARTS) is 1. The molecule has 11 heteroatoms. The van der Waals surface area contributed by atoms with Gasteiger partial charge in [-0.1, -0.05) is 11.6 Å². The van der Waals surface area contributed by atoms with E-state index in [1.54, 1.807) is 18.2 Å². The van der Waals surface area contributed by atoms with E-state index in [0.717, 1.165) is 6.07 Å². The van der Waals surface area contributed by atoms with Gasteiger partial charge in [0.05, 0.1) is 24.1 Å². The van der Waals surface area contributed by atoms with E-state index < -0.39 is 40.8 Å². The molecule has 1 fully saturated rings. The van der Waals surface area contributed by atoms with E-state index in [9.17, 15) is 23.1 Å². The lowest BCUT2D eigenvalue weighted by Gasteiger charge is -2.41. The van der Waals surface area contributed by atoms with Gasteiger partial charge in [0.2, 0.25) is 5.82 Å². The maximum absolute atomic E-state index is 15.7. The number of likely N-dealkylation sites (tertiary alicyclic amines) is 1. The maximum Gasteiger partial charge on any atom is 0.303 e. The van der Waals surface area contributed by atoms with Crippen LogP contribution in [-0.2, 0) is 4.79 Å². The molecule has 39 heavy (non-hydrogen) atoms. The van der Waals surface area contributed by atoms with E-state index in [4.69, 9.17) is 21.1 Å². The first-order valence-electron chi connectivity index (χ1n) is 12.6. The van der Waals surface area contributed by atoms with Crippen molar-refractivity contribution in [2.45, 2.75) is 38.3 Å². The number of halogens is 5. The molecular weight excluding hydrogens is 540 g/mol. The van der Waals surface area contributed by atoms with Crippen molar-refractivity contribution in [1.29, 1.82) is 0 Å². The van der Waals surface area contributed by atoms with Gasteiger partial charge >= 0.3 is 5.97 Å². The zero-order chi connectivity index (χ0) is 28.2. The number of fused-ring (bicyclic) bond motifs is 1. The summed E-state index contributed by atoms with van der Waals surface area (Å²) in [6, 6.07) is 6.37. The molecule has 1 aliphatic heterocycles. The molecule has 0 aliphatic carbocycles. The fourth-order valence-corrected chi connectivity index (χ4v) is 5.47. The molecule has 0 spiro atoms. The average molecular weight is 569 g/mol. The first kappa shape index (κ1) is 28.9. The summed E-state index contributed by atoms with van der Waals surface area (Å²) >= 11 is 6.35. The fourth-order valence-electron chi connectivity index (χ4n) is 5.20. The minimum absolute atomic E-state index is 0.00459. The molecule has 0 radical (unpaired) electrons. The molecular formula is C28H29ClF4N2O4. The Kier molecular flexibility index (Phi) is 9.17. The highest BCUT2D eigenvalue weighted by Gasteiger charge is 2.37. The second-order valence-corrected chi connectivity index (χ2v) is 10.3. The van der Waals surface area contributed by atoms with Gasteiger partial charge in [-0.3, -0.25) is 14.7 Å². The van der Waals surface area contributed by atoms with Gasteiger partial charge in [0.1, 0.15) is 24.3 Å². The number of rotatable bonds is 11. The van der Waals surface area contributed by atoms with Gasteiger partial charge in [0.15, 0.2) is 11.6 Å². The average Bonchev–Trinajstić information content (AvgIpc) is 2.90. The minimum Gasteiger partial charge on any atom is -0.497 e. The summed E-state index contributed by atoms with van der Waals surface area (Å²) in [5.74, 6) is -4.43. The maximum atomic E-state index is 15.7. The molecule has 0 bridgehead atoms. The second-order valence-electron chi connectivity index (χ2n) is 9.87. The number of benzene rings is 2. The molecule has 3 aromatic rings. The number of piperidine rings is 1. The lowest BCUT2D eigenvalue weighted by atomic mass is 9.71. The van der Waals surface area contributed by atoms with E-state index >= 15 is 4.39 Å². The van der Waals surface area contributed by atoms with Crippen LogP contribution < -0.4 is 9.47 Å². The molecule has 0 saturated carbocycles. The van der Waals surface area contributed by atoms with E-state index in [2.05, 4.69) is 4.98 Å². The van der Waals surface area contributed by atoms with Gasteiger partial charge in [0, 0.05) is 35.8 Å².